The quantitative estimate of drug-likeness (QED) is 0.435. The number of nitrogens with zero attached hydrogens (tertiary/aromatic N) is 3. The average Bonchev–Trinajstić information content (AvgIpc) is 3.16. The first kappa shape index (κ1) is 22.1. The first-order valence-corrected chi connectivity index (χ1v) is 11.4. The van der Waals surface area contributed by atoms with E-state index in [1.165, 1.54) is 11.1 Å². The predicted octanol–water partition coefficient (Wildman–Crippen LogP) is 6.32. The van der Waals surface area contributed by atoms with Crippen LogP contribution >= 0.6 is 23.2 Å². The van der Waals surface area contributed by atoms with Gasteiger partial charge >= 0.3 is 0 Å². The van der Waals surface area contributed by atoms with Gasteiger partial charge in [0.2, 0.25) is 0 Å². The molecule has 0 saturated carbocycles. The first-order chi connectivity index (χ1) is 15.0. The maximum absolute atomic E-state index is 6.51. The van der Waals surface area contributed by atoms with Gasteiger partial charge in [-0.25, -0.2) is 9.97 Å². The number of aryl methyl sites for hydroxylation is 2. The Labute approximate surface area is 194 Å². The number of fused-ring (bicyclic) bond motifs is 1. The zero-order valence-corrected chi connectivity index (χ0v) is 19.8. The van der Waals surface area contributed by atoms with Crippen LogP contribution in [0.3, 0.4) is 0 Å². The second kappa shape index (κ2) is 9.15. The molecule has 6 heteroatoms. The highest BCUT2D eigenvalue weighted by molar-refractivity contribution is 6.36. The molecule has 0 spiro atoms. The van der Waals surface area contributed by atoms with Crippen molar-refractivity contribution in [3.63, 3.8) is 0 Å². The Kier molecular flexibility index (Phi) is 6.52. The topological polar surface area (TPSA) is 38.2 Å². The minimum Gasteiger partial charge on any atom is -0.379 e. The minimum atomic E-state index is 0.0735. The maximum atomic E-state index is 6.51. The molecule has 0 radical (unpaired) electrons. The van der Waals surface area contributed by atoms with Gasteiger partial charge in [0.1, 0.15) is 0 Å². The van der Waals surface area contributed by atoms with E-state index in [9.17, 15) is 0 Å². The van der Waals surface area contributed by atoms with Crippen LogP contribution in [0.15, 0.2) is 42.5 Å². The minimum absolute atomic E-state index is 0.0735. The molecule has 0 N–H and O–H groups in total. The number of likely N-dealkylation sites (N-methyl/N-ethyl adjacent to an activating group) is 1. The van der Waals surface area contributed by atoms with Crippen LogP contribution in [0.4, 0.5) is 5.82 Å². The van der Waals surface area contributed by atoms with Crippen LogP contribution in [0.25, 0.3) is 11.3 Å². The van der Waals surface area contributed by atoms with E-state index in [2.05, 4.69) is 50.1 Å². The zero-order chi connectivity index (χ0) is 22.1. The van der Waals surface area contributed by atoms with Crippen molar-refractivity contribution in [1.29, 1.82) is 0 Å². The van der Waals surface area contributed by atoms with Crippen molar-refractivity contribution in [2.45, 2.75) is 45.3 Å². The monoisotopic (exact) mass is 455 g/mol. The second-order valence-electron chi connectivity index (χ2n) is 7.85. The lowest BCUT2D eigenvalue weighted by molar-refractivity contribution is 0.0889. The van der Waals surface area contributed by atoms with E-state index in [-0.39, 0.29) is 12.1 Å². The fraction of sp³-hybridized carbons (Fsp3) is 0.360. The van der Waals surface area contributed by atoms with Gasteiger partial charge in [-0.1, -0.05) is 61.3 Å². The molecule has 0 unspecified atom stereocenters. The van der Waals surface area contributed by atoms with E-state index < -0.39 is 0 Å². The van der Waals surface area contributed by atoms with E-state index in [0.717, 1.165) is 47.7 Å². The molecule has 0 amide bonds. The number of ether oxygens (including phenoxy) is 1. The summed E-state index contributed by atoms with van der Waals surface area (Å²) < 4.78 is 5.88. The second-order valence-corrected chi connectivity index (χ2v) is 8.70. The first-order valence-electron chi connectivity index (χ1n) is 10.7. The van der Waals surface area contributed by atoms with Crippen LogP contribution < -0.4 is 4.90 Å². The molecule has 0 saturated heterocycles. The maximum Gasteiger partial charge on any atom is 0.151 e. The molecule has 0 aliphatic heterocycles. The lowest BCUT2D eigenvalue weighted by Crippen LogP contribution is -2.34. The van der Waals surface area contributed by atoms with E-state index in [1.807, 2.05) is 12.1 Å². The Morgan fingerprint density at radius 1 is 1.03 bits per heavy atom. The number of benzene rings is 2. The third-order valence-electron chi connectivity index (χ3n) is 6.08. The Bertz CT molecular complexity index is 1100. The van der Waals surface area contributed by atoms with E-state index in [4.69, 9.17) is 37.9 Å². The Morgan fingerprint density at radius 2 is 1.77 bits per heavy atom. The van der Waals surface area contributed by atoms with Gasteiger partial charge in [0.15, 0.2) is 5.82 Å². The molecule has 162 valence electrons. The number of rotatable bonds is 6. The third kappa shape index (κ3) is 4.05. The molecule has 3 aromatic rings. The summed E-state index contributed by atoms with van der Waals surface area (Å²) in [6.07, 6.45) is 2.49. The summed E-state index contributed by atoms with van der Waals surface area (Å²) in [5, 5.41) is 1.20. The molecule has 31 heavy (non-hydrogen) atoms. The molecule has 2 aromatic carbocycles. The molecular formula is C25H27Cl2N3O. The number of anilines is 1. The average molecular weight is 456 g/mol. The van der Waals surface area contributed by atoms with Crippen LogP contribution in [0.5, 0.6) is 0 Å². The number of hydrogen-bond donors (Lipinski definition) is 0. The molecule has 0 bridgehead atoms. The van der Waals surface area contributed by atoms with Crippen molar-refractivity contribution in [1.82, 2.24) is 9.97 Å². The van der Waals surface area contributed by atoms with Crippen molar-refractivity contribution in [3.05, 3.63) is 75.0 Å². The van der Waals surface area contributed by atoms with E-state index >= 15 is 0 Å². The Hall–Kier alpha value is -2.14. The van der Waals surface area contributed by atoms with Crippen LogP contribution in [0, 0.1) is 0 Å². The van der Waals surface area contributed by atoms with Gasteiger partial charge in [-0.15, -0.1) is 0 Å². The molecule has 0 fully saturated rings. The van der Waals surface area contributed by atoms with Crippen molar-refractivity contribution < 1.29 is 4.74 Å². The molecule has 1 aliphatic rings. The fourth-order valence-electron chi connectivity index (χ4n) is 4.50. The predicted molar refractivity (Wildman–Crippen MR) is 128 cm³/mol. The van der Waals surface area contributed by atoms with Gasteiger partial charge in [-0.05, 0) is 42.2 Å². The van der Waals surface area contributed by atoms with Crippen molar-refractivity contribution in [3.8, 4) is 11.3 Å². The van der Waals surface area contributed by atoms with E-state index in [1.54, 1.807) is 13.2 Å². The molecule has 1 aliphatic carbocycles. The third-order valence-corrected chi connectivity index (χ3v) is 6.62. The van der Waals surface area contributed by atoms with Crippen molar-refractivity contribution >= 4 is 29.0 Å². The van der Waals surface area contributed by atoms with Crippen LogP contribution in [-0.2, 0) is 24.0 Å². The zero-order valence-electron chi connectivity index (χ0n) is 18.3. The fourth-order valence-corrected chi connectivity index (χ4v) is 5.00. The summed E-state index contributed by atoms with van der Waals surface area (Å²) in [4.78, 5) is 12.4. The van der Waals surface area contributed by atoms with E-state index in [0.29, 0.717) is 10.0 Å². The number of methoxy groups -OCH3 is 1. The number of hydrogen-bond acceptors (Lipinski definition) is 4. The normalized spacial score (nSPS) is 17.6. The highest BCUT2D eigenvalue weighted by Gasteiger charge is 2.36. The summed E-state index contributed by atoms with van der Waals surface area (Å²) >= 11 is 12.6. The summed E-state index contributed by atoms with van der Waals surface area (Å²) in [7, 11) is 3.88. The highest BCUT2D eigenvalue weighted by atomic mass is 35.5. The van der Waals surface area contributed by atoms with Crippen LogP contribution in [0.1, 0.15) is 42.4 Å². The van der Waals surface area contributed by atoms with Crippen LogP contribution in [-0.4, -0.2) is 30.2 Å². The molecular weight excluding hydrogens is 429 g/mol. The van der Waals surface area contributed by atoms with Gasteiger partial charge in [0.25, 0.3) is 0 Å². The summed E-state index contributed by atoms with van der Waals surface area (Å²) in [5.74, 6) is 0.900. The van der Waals surface area contributed by atoms with Gasteiger partial charge < -0.3 is 9.64 Å². The summed E-state index contributed by atoms with van der Waals surface area (Å²) in [6, 6.07) is 14.2. The number of aromatic nitrogens is 2. The number of halogens is 2. The standard InChI is InChI=1S/C25H27Cl2N3O/c1-5-20-23(18-12-11-16(26)14-19(18)27)28-21(6-2)25(29-20)30(3)24-17-10-8-7-9-15(17)13-22(24)31-4/h7-12,14,22,24H,5-6,13H2,1-4H3/t22-,24-/m1/s1. The smallest absolute Gasteiger partial charge is 0.151 e. The van der Waals surface area contributed by atoms with Gasteiger partial charge in [0.05, 0.1) is 34.3 Å². The summed E-state index contributed by atoms with van der Waals surface area (Å²) in [5.41, 5.74) is 6.18. The Morgan fingerprint density at radius 3 is 2.45 bits per heavy atom. The van der Waals surface area contributed by atoms with Gasteiger partial charge in [0, 0.05) is 31.2 Å². The molecule has 1 heterocycles. The molecule has 4 nitrogen and oxygen atoms in total. The van der Waals surface area contributed by atoms with Gasteiger partial charge in [-0.3, -0.25) is 0 Å². The molecule has 1 aromatic heterocycles. The lowest BCUT2D eigenvalue weighted by atomic mass is 10.0. The Balaban J connectivity index is 1.82. The highest BCUT2D eigenvalue weighted by Crippen LogP contribution is 2.40. The molecule has 2 atom stereocenters. The SMILES string of the molecule is CCc1nc(N(C)[C@@H]2c3ccccc3C[C@H]2OC)c(CC)nc1-c1ccc(Cl)cc1Cl. The van der Waals surface area contributed by atoms with Crippen molar-refractivity contribution in [2.24, 2.45) is 0 Å². The van der Waals surface area contributed by atoms with Crippen molar-refractivity contribution in [2.75, 3.05) is 19.1 Å². The lowest BCUT2D eigenvalue weighted by Gasteiger charge is -2.32. The molecule has 4 rings (SSSR count). The largest absolute Gasteiger partial charge is 0.379 e. The van der Waals surface area contributed by atoms with Gasteiger partial charge in [-0.2, -0.15) is 0 Å². The summed E-state index contributed by atoms with van der Waals surface area (Å²) in [6.45, 7) is 4.20. The van der Waals surface area contributed by atoms with Crippen LogP contribution in [0.2, 0.25) is 10.0 Å².